The first-order chi connectivity index (χ1) is 18.5. The topological polar surface area (TPSA) is 91.2 Å². The normalized spacial score (nSPS) is 21.2. The first-order valence-electron chi connectivity index (χ1n) is 12.8. The van der Waals surface area contributed by atoms with E-state index in [0.717, 1.165) is 0 Å². The van der Waals surface area contributed by atoms with Gasteiger partial charge < -0.3 is 25.6 Å². The highest BCUT2D eigenvalue weighted by Gasteiger charge is 2.49. The second-order valence-electron chi connectivity index (χ2n) is 11.0. The van der Waals surface area contributed by atoms with Crippen molar-refractivity contribution in [2.75, 3.05) is 18.6 Å². The van der Waals surface area contributed by atoms with Crippen LogP contribution < -0.4 is 16.0 Å². The van der Waals surface area contributed by atoms with Gasteiger partial charge in [-0.2, -0.15) is 0 Å². The monoisotopic (exact) mass is 579 g/mol. The summed E-state index contributed by atoms with van der Waals surface area (Å²) in [7, 11) is 0. The number of rotatable bonds is 9. The molecule has 4 rings (SSSR count). The van der Waals surface area contributed by atoms with Crippen LogP contribution >= 0.6 is 23.2 Å². The van der Waals surface area contributed by atoms with Crippen molar-refractivity contribution in [1.29, 1.82) is 0 Å². The van der Waals surface area contributed by atoms with E-state index in [1.807, 2.05) is 10.8 Å². The Morgan fingerprint density at radius 2 is 1.87 bits per heavy atom. The third-order valence-corrected chi connectivity index (χ3v) is 7.55. The highest BCUT2D eigenvalue weighted by atomic mass is 35.5. The fourth-order valence-corrected chi connectivity index (χ4v) is 5.78. The Morgan fingerprint density at radius 3 is 2.51 bits per heavy atom. The molecule has 0 aliphatic carbocycles. The maximum atomic E-state index is 14.9. The van der Waals surface area contributed by atoms with Crippen LogP contribution in [-0.2, 0) is 11.3 Å². The molecule has 1 amide bonds. The molecule has 1 aromatic heterocycles. The second kappa shape index (κ2) is 12.2. The minimum absolute atomic E-state index is 0.0687. The number of anilines is 1. The molecule has 1 fully saturated rings. The third kappa shape index (κ3) is 6.90. The van der Waals surface area contributed by atoms with Crippen molar-refractivity contribution in [1.82, 2.24) is 20.2 Å². The predicted octanol–water partition coefficient (Wildman–Crippen LogP) is 5.29. The molecule has 0 saturated carbocycles. The van der Waals surface area contributed by atoms with Gasteiger partial charge in [-0.15, -0.1) is 0 Å². The van der Waals surface area contributed by atoms with E-state index in [1.165, 1.54) is 24.3 Å². The number of amides is 1. The van der Waals surface area contributed by atoms with Gasteiger partial charge in [-0.3, -0.25) is 4.79 Å². The van der Waals surface area contributed by atoms with Crippen molar-refractivity contribution in [3.8, 4) is 0 Å². The number of imidazole rings is 1. The fourth-order valence-electron chi connectivity index (χ4n) is 5.42. The number of aromatic nitrogens is 2. The first kappa shape index (κ1) is 29.3. The number of hydrogen-bond donors (Lipinski definition) is 4. The summed E-state index contributed by atoms with van der Waals surface area (Å²) < 4.78 is 31.0. The van der Waals surface area contributed by atoms with E-state index >= 15 is 0 Å². The van der Waals surface area contributed by atoms with Crippen LogP contribution in [0.5, 0.6) is 0 Å². The van der Waals surface area contributed by atoms with Gasteiger partial charge in [0.1, 0.15) is 18.4 Å². The van der Waals surface area contributed by atoms with Crippen LogP contribution in [0.2, 0.25) is 10.0 Å². The molecule has 1 saturated heterocycles. The molecule has 1 aliphatic rings. The smallest absolute Gasteiger partial charge is 0.237 e. The molecule has 2 aromatic carbocycles. The summed E-state index contributed by atoms with van der Waals surface area (Å²) in [5.41, 5.74) is 1.49. The molecule has 0 radical (unpaired) electrons. The lowest BCUT2D eigenvalue weighted by molar-refractivity contribution is -0.123. The van der Waals surface area contributed by atoms with E-state index in [0.29, 0.717) is 36.3 Å². The Bertz CT molecular complexity index is 1300. The number of carbonyl (C=O) groups excluding carboxylic acids is 1. The molecule has 3 aromatic rings. The molecule has 0 spiro atoms. The number of aliphatic hydroxyl groups is 1. The predicted molar refractivity (Wildman–Crippen MR) is 149 cm³/mol. The number of benzene rings is 2. The highest BCUT2D eigenvalue weighted by molar-refractivity contribution is 6.31. The van der Waals surface area contributed by atoms with Crippen molar-refractivity contribution >= 4 is 34.8 Å². The zero-order valence-corrected chi connectivity index (χ0v) is 23.5. The molecule has 7 nitrogen and oxygen atoms in total. The number of hydrogen-bond acceptors (Lipinski definition) is 5. The number of nitrogens with one attached hydrogen (secondary N) is 3. The minimum Gasteiger partial charge on any atom is -0.377 e. The van der Waals surface area contributed by atoms with E-state index in [4.69, 9.17) is 23.2 Å². The van der Waals surface area contributed by atoms with Crippen molar-refractivity contribution in [2.24, 2.45) is 5.41 Å². The largest absolute Gasteiger partial charge is 0.377 e. The molecule has 2 heterocycles. The van der Waals surface area contributed by atoms with Crippen molar-refractivity contribution < 1.29 is 18.7 Å². The first-order valence-corrected chi connectivity index (χ1v) is 13.5. The van der Waals surface area contributed by atoms with Gasteiger partial charge in [0.15, 0.2) is 0 Å². The molecule has 4 N–H and O–H groups in total. The van der Waals surface area contributed by atoms with Crippen LogP contribution in [0.3, 0.4) is 0 Å². The molecule has 210 valence electrons. The molecule has 4 atom stereocenters. The molecule has 1 aliphatic heterocycles. The Kier molecular flexibility index (Phi) is 9.16. The zero-order valence-electron chi connectivity index (χ0n) is 22.0. The lowest BCUT2D eigenvalue weighted by Crippen LogP contribution is -2.46. The zero-order chi connectivity index (χ0) is 28.3. The van der Waals surface area contributed by atoms with Crippen LogP contribution in [0, 0.1) is 17.0 Å². The number of carbonyl (C=O) groups is 1. The Balaban J connectivity index is 1.80. The van der Waals surface area contributed by atoms with Crippen LogP contribution in [0.15, 0.2) is 49.1 Å². The lowest BCUT2D eigenvalue weighted by atomic mass is 9.73. The van der Waals surface area contributed by atoms with Crippen LogP contribution in [-0.4, -0.2) is 45.9 Å². The maximum Gasteiger partial charge on any atom is 0.237 e. The van der Waals surface area contributed by atoms with Gasteiger partial charge in [0.05, 0.1) is 22.4 Å². The number of nitrogens with zero attached hydrogens (tertiary/aromatic N) is 2. The maximum absolute atomic E-state index is 14.9. The van der Waals surface area contributed by atoms with Gasteiger partial charge in [-0.25, -0.2) is 13.8 Å². The van der Waals surface area contributed by atoms with Gasteiger partial charge in [-0.05, 0) is 47.2 Å². The van der Waals surface area contributed by atoms with Gasteiger partial charge in [0.25, 0.3) is 0 Å². The van der Waals surface area contributed by atoms with E-state index in [1.54, 1.807) is 18.6 Å². The van der Waals surface area contributed by atoms with Gasteiger partial charge >= 0.3 is 0 Å². The quantitative estimate of drug-likeness (QED) is 0.259. The van der Waals surface area contributed by atoms with E-state index < -0.39 is 36.2 Å². The van der Waals surface area contributed by atoms with Gasteiger partial charge in [0, 0.05) is 49.0 Å². The van der Waals surface area contributed by atoms with Crippen LogP contribution in [0.1, 0.15) is 50.2 Å². The summed E-state index contributed by atoms with van der Waals surface area (Å²) in [6, 6.07) is 6.18. The molecular weight excluding hydrogens is 547 g/mol. The summed E-state index contributed by atoms with van der Waals surface area (Å²) in [6.07, 6.45) is 5.79. The van der Waals surface area contributed by atoms with Crippen molar-refractivity contribution in [3.63, 3.8) is 0 Å². The third-order valence-electron chi connectivity index (χ3n) is 6.97. The van der Waals surface area contributed by atoms with Crippen LogP contribution in [0.4, 0.5) is 14.5 Å². The second-order valence-corrected chi connectivity index (χ2v) is 11.8. The minimum atomic E-state index is -0.729. The lowest BCUT2D eigenvalue weighted by Gasteiger charge is -2.31. The van der Waals surface area contributed by atoms with Gasteiger partial charge in [-0.1, -0.05) is 50.0 Å². The average molecular weight is 581 g/mol. The summed E-state index contributed by atoms with van der Waals surface area (Å²) in [6.45, 7) is 6.76. The van der Waals surface area contributed by atoms with E-state index in [-0.39, 0.29) is 27.4 Å². The van der Waals surface area contributed by atoms with E-state index in [9.17, 15) is 18.7 Å². The fraction of sp³-hybridized carbons (Fsp3) is 0.429. The highest BCUT2D eigenvalue weighted by Crippen LogP contribution is 2.49. The summed E-state index contributed by atoms with van der Waals surface area (Å²) in [4.78, 5) is 17.7. The number of aliphatic hydroxyl groups excluding tert-OH is 1. The van der Waals surface area contributed by atoms with Crippen molar-refractivity contribution in [3.05, 3.63) is 81.9 Å². The Hall–Kier alpha value is -2.72. The summed E-state index contributed by atoms with van der Waals surface area (Å²) in [5.74, 6) is -2.42. The molecule has 0 unspecified atom stereocenters. The Morgan fingerprint density at radius 1 is 1.13 bits per heavy atom. The summed E-state index contributed by atoms with van der Waals surface area (Å²) >= 11 is 12.3. The summed E-state index contributed by atoms with van der Waals surface area (Å²) in [5, 5.41) is 18.9. The molecule has 0 bridgehead atoms. The SMILES string of the molecule is CC(C)(C)C[C@H]1N[C@@H](C(=O)NCCn2ccnc2)[C@H](c2ccc(F)c(Cl)c2)[C@@H]1c1cc(F)c(Cl)cc1NCO. The molecule has 11 heteroatoms. The van der Waals surface area contributed by atoms with E-state index in [2.05, 4.69) is 41.7 Å². The van der Waals surface area contributed by atoms with Gasteiger partial charge in [0.2, 0.25) is 5.91 Å². The molecular formula is C28H33Cl2F2N5O2. The number of halogens is 4. The standard InChI is InChI=1S/C28H33Cl2F2N5O2/c1-28(2,3)13-23-25(17-11-21(32)19(30)12-22(17)35-15-38)24(16-4-5-20(31)18(29)10-16)26(36-23)27(39)34-7-9-37-8-6-33-14-37/h4-6,8,10-12,14,23-26,35-36,38H,7,9,13,15H2,1-3H3,(H,34,39)/t23-,24-,25-,26-/m1/s1. The molecule has 39 heavy (non-hydrogen) atoms. The Labute approximate surface area is 236 Å². The van der Waals surface area contributed by atoms with Crippen LogP contribution in [0.25, 0.3) is 0 Å². The average Bonchev–Trinajstić information content (AvgIpc) is 3.50. The van der Waals surface area contributed by atoms with Crippen molar-refractivity contribution in [2.45, 2.75) is 57.7 Å².